The van der Waals surface area contributed by atoms with Gasteiger partial charge in [0.15, 0.2) is 5.65 Å². The molecule has 1 N–H and O–H groups in total. The molecule has 0 unspecified atom stereocenters. The first-order chi connectivity index (χ1) is 11.2. The van der Waals surface area contributed by atoms with Crippen molar-refractivity contribution in [1.82, 2.24) is 15.0 Å². The highest BCUT2D eigenvalue weighted by Gasteiger charge is 2.03. The molecule has 23 heavy (non-hydrogen) atoms. The second-order valence-electron chi connectivity index (χ2n) is 5.75. The molecule has 2 heterocycles. The summed E-state index contributed by atoms with van der Waals surface area (Å²) in [6, 6.07) is 10.4. The molecule has 0 saturated heterocycles. The van der Waals surface area contributed by atoms with Crippen molar-refractivity contribution >= 4 is 43.0 Å². The second kappa shape index (κ2) is 8.06. The summed E-state index contributed by atoms with van der Waals surface area (Å²) >= 11 is 7.08. The zero-order valence-electron chi connectivity index (χ0n) is 12.9. The van der Waals surface area contributed by atoms with E-state index < -0.39 is 0 Å². The third kappa shape index (κ3) is 4.88. The Bertz CT molecular complexity index is 730. The number of nitrogens with one attached hydrogen (secondary N) is 1. The van der Waals surface area contributed by atoms with E-state index in [1.807, 2.05) is 12.1 Å². The van der Waals surface area contributed by atoms with Gasteiger partial charge >= 0.3 is 0 Å². The van der Waals surface area contributed by atoms with Crippen LogP contribution in [-0.2, 0) is 12.8 Å². The monoisotopic (exact) mass is 435 g/mol. The first-order valence-electron chi connectivity index (χ1n) is 7.95. The molecule has 3 aromatic rings. The largest absolute Gasteiger partial charge is 0.341 e. The Hall–Kier alpha value is -1.20. The van der Waals surface area contributed by atoms with Gasteiger partial charge in [0.2, 0.25) is 0 Å². The highest BCUT2D eigenvalue weighted by atomic mass is 79.9. The standard InChI is InChI=1S/C18H19Br2N3/c19-14-10-13(11-15(20)12-14)6-3-1-2-4-8-17-22-16-7-5-9-21-18(16)23-17/h5,7,9-12H,1-4,6,8H2,(H,21,22,23). The number of fused-ring (bicyclic) bond motifs is 1. The normalized spacial score (nSPS) is 11.2. The zero-order valence-corrected chi connectivity index (χ0v) is 16.0. The summed E-state index contributed by atoms with van der Waals surface area (Å²) in [4.78, 5) is 12.1. The maximum Gasteiger partial charge on any atom is 0.177 e. The van der Waals surface area contributed by atoms with E-state index in [0.717, 1.165) is 38.8 Å². The average molecular weight is 437 g/mol. The summed E-state index contributed by atoms with van der Waals surface area (Å²) < 4.78 is 2.28. The summed E-state index contributed by atoms with van der Waals surface area (Å²) in [5, 5.41) is 0. The van der Waals surface area contributed by atoms with Gasteiger partial charge < -0.3 is 4.98 Å². The van der Waals surface area contributed by atoms with Crippen LogP contribution in [0.5, 0.6) is 0 Å². The Labute approximate surface area is 153 Å². The Kier molecular flexibility index (Phi) is 5.84. The number of hydrogen-bond donors (Lipinski definition) is 1. The van der Waals surface area contributed by atoms with Crippen LogP contribution in [0.3, 0.4) is 0 Å². The van der Waals surface area contributed by atoms with E-state index in [-0.39, 0.29) is 0 Å². The fourth-order valence-electron chi connectivity index (χ4n) is 2.74. The van der Waals surface area contributed by atoms with Crippen LogP contribution < -0.4 is 0 Å². The first kappa shape index (κ1) is 16.7. The first-order valence-corrected chi connectivity index (χ1v) is 9.54. The molecule has 0 saturated carbocycles. The minimum atomic E-state index is 0.822. The van der Waals surface area contributed by atoms with E-state index in [1.54, 1.807) is 6.20 Å². The van der Waals surface area contributed by atoms with Crippen molar-refractivity contribution in [2.24, 2.45) is 0 Å². The third-order valence-electron chi connectivity index (χ3n) is 3.86. The van der Waals surface area contributed by atoms with Crippen molar-refractivity contribution in [3.8, 4) is 0 Å². The van der Waals surface area contributed by atoms with Gasteiger partial charge in [-0.15, -0.1) is 0 Å². The lowest BCUT2D eigenvalue weighted by atomic mass is 10.1. The predicted octanol–water partition coefficient (Wildman–Crippen LogP) is 5.83. The molecule has 0 spiro atoms. The van der Waals surface area contributed by atoms with E-state index in [9.17, 15) is 0 Å². The van der Waals surface area contributed by atoms with Gasteiger partial charge in [0.05, 0.1) is 5.52 Å². The van der Waals surface area contributed by atoms with Gasteiger partial charge in [-0.05, 0) is 55.2 Å². The fraction of sp³-hybridized carbons (Fsp3) is 0.333. The molecule has 0 amide bonds. The third-order valence-corrected chi connectivity index (χ3v) is 4.77. The molecule has 0 fully saturated rings. The molecule has 3 rings (SSSR count). The van der Waals surface area contributed by atoms with Gasteiger partial charge in [-0.1, -0.05) is 44.7 Å². The van der Waals surface area contributed by atoms with Crippen molar-refractivity contribution < 1.29 is 0 Å². The number of imidazole rings is 1. The van der Waals surface area contributed by atoms with Gasteiger partial charge in [-0.3, -0.25) is 0 Å². The van der Waals surface area contributed by atoms with Crippen LogP contribution in [0.1, 0.15) is 37.1 Å². The molecule has 1 aromatic carbocycles. The summed E-state index contributed by atoms with van der Waals surface area (Å²) in [5.74, 6) is 1.05. The summed E-state index contributed by atoms with van der Waals surface area (Å²) in [6.07, 6.45) is 8.80. The molecule has 2 aromatic heterocycles. The number of aryl methyl sites for hydroxylation is 2. The van der Waals surface area contributed by atoms with Crippen LogP contribution in [-0.4, -0.2) is 15.0 Å². The number of benzene rings is 1. The SMILES string of the molecule is Brc1cc(Br)cc(CCCCCCc2nc3ncccc3[nH]2)c1. The Morgan fingerprint density at radius 2 is 1.65 bits per heavy atom. The molecule has 0 aliphatic heterocycles. The van der Waals surface area contributed by atoms with E-state index in [4.69, 9.17) is 0 Å². The summed E-state index contributed by atoms with van der Waals surface area (Å²) in [6.45, 7) is 0. The zero-order chi connectivity index (χ0) is 16.1. The van der Waals surface area contributed by atoms with Crippen molar-refractivity contribution in [3.05, 3.63) is 56.9 Å². The van der Waals surface area contributed by atoms with Crippen molar-refractivity contribution in [1.29, 1.82) is 0 Å². The van der Waals surface area contributed by atoms with Crippen molar-refractivity contribution in [2.75, 3.05) is 0 Å². The minimum absolute atomic E-state index is 0.822. The number of rotatable bonds is 7. The molecule has 0 aliphatic carbocycles. The number of halogens is 2. The maximum absolute atomic E-state index is 4.52. The highest BCUT2D eigenvalue weighted by molar-refractivity contribution is 9.11. The molecule has 0 bridgehead atoms. The minimum Gasteiger partial charge on any atom is -0.341 e. The van der Waals surface area contributed by atoms with Crippen LogP contribution in [0.2, 0.25) is 0 Å². The lowest BCUT2D eigenvalue weighted by Crippen LogP contribution is -1.90. The molecule has 120 valence electrons. The van der Waals surface area contributed by atoms with Crippen molar-refractivity contribution in [3.63, 3.8) is 0 Å². The van der Waals surface area contributed by atoms with Gasteiger partial charge in [-0.2, -0.15) is 0 Å². The number of aromatic amines is 1. The topological polar surface area (TPSA) is 41.6 Å². The molecule has 5 heteroatoms. The summed E-state index contributed by atoms with van der Waals surface area (Å²) in [5.41, 5.74) is 3.24. The number of pyridine rings is 1. The van der Waals surface area contributed by atoms with E-state index in [1.165, 1.54) is 31.2 Å². The quantitative estimate of drug-likeness (QED) is 0.473. The lowest BCUT2D eigenvalue weighted by Gasteiger charge is -2.04. The van der Waals surface area contributed by atoms with Gasteiger partial charge in [-0.25, -0.2) is 9.97 Å². The van der Waals surface area contributed by atoms with Crippen LogP contribution in [0.4, 0.5) is 0 Å². The van der Waals surface area contributed by atoms with E-state index >= 15 is 0 Å². The van der Waals surface area contributed by atoms with E-state index in [0.29, 0.717) is 0 Å². The number of nitrogens with zero attached hydrogens (tertiary/aromatic N) is 2. The molecule has 0 atom stereocenters. The van der Waals surface area contributed by atoms with Gasteiger partial charge in [0, 0.05) is 21.6 Å². The average Bonchev–Trinajstić information content (AvgIpc) is 2.92. The lowest BCUT2D eigenvalue weighted by molar-refractivity contribution is 0.632. The molecule has 0 aliphatic rings. The van der Waals surface area contributed by atoms with Crippen LogP contribution in [0, 0.1) is 0 Å². The Morgan fingerprint density at radius 3 is 2.39 bits per heavy atom. The number of aromatic nitrogens is 3. The molecular weight excluding hydrogens is 418 g/mol. The number of H-pyrrole nitrogens is 1. The predicted molar refractivity (Wildman–Crippen MR) is 102 cm³/mol. The Balaban J connectivity index is 1.38. The Morgan fingerprint density at radius 1 is 0.913 bits per heavy atom. The smallest absolute Gasteiger partial charge is 0.177 e. The van der Waals surface area contributed by atoms with E-state index in [2.05, 4.69) is 65.0 Å². The van der Waals surface area contributed by atoms with Crippen LogP contribution in [0.25, 0.3) is 11.2 Å². The molecular formula is C18H19Br2N3. The van der Waals surface area contributed by atoms with Crippen LogP contribution in [0.15, 0.2) is 45.5 Å². The highest BCUT2D eigenvalue weighted by Crippen LogP contribution is 2.21. The fourth-order valence-corrected chi connectivity index (χ4v) is 4.13. The number of hydrogen-bond acceptors (Lipinski definition) is 2. The van der Waals surface area contributed by atoms with Crippen molar-refractivity contribution in [2.45, 2.75) is 38.5 Å². The van der Waals surface area contributed by atoms with Crippen LogP contribution >= 0.6 is 31.9 Å². The maximum atomic E-state index is 4.52. The molecule has 0 radical (unpaired) electrons. The van der Waals surface area contributed by atoms with Gasteiger partial charge in [0.1, 0.15) is 5.82 Å². The summed E-state index contributed by atoms with van der Waals surface area (Å²) in [7, 11) is 0. The second-order valence-corrected chi connectivity index (χ2v) is 7.58. The molecule has 3 nitrogen and oxygen atoms in total. The number of unbranched alkanes of at least 4 members (excludes halogenated alkanes) is 3. The van der Waals surface area contributed by atoms with Gasteiger partial charge in [0.25, 0.3) is 0 Å².